The van der Waals surface area contributed by atoms with E-state index in [-0.39, 0.29) is 41.3 Å². The summed E-state index contributed by atoms with van der Waals surface area (Å²) in [6.45, 7) is 5.84. The predicted octanol–water partition coefficient (Wildman–Crippen LogP) is 3.96. The second-order valence-corrected chi connectivity index (χ2v) is 12.6. The minimum Gasteiger partial charge on any atom is -0.381 e. The van der Waals surface area contributed by atoms with Gasteiger partial charge in [0.2, 0.25) is 5.91 Å². The second kappa shape index (κ2) is 9.67. The van der Waals surface area contributed by atoms with E-state index in [1.54, 1.807) is 4.90 Å². The topological polar surface area (TPSA) is 75.7 Å². The molecule has 196 valence electrons. The van der Waals surface area contributed by atoms with Crippen molar-refractivity contribution in [3.63, 3.8) is 0 Å². The Morgan fingerprint density at radius 1 is 1.17 bits per heavy atom. The largest absolute Gasteiger partial charge is 0.416 e. The molecule has 4 rings (SSSR count). The number of alkyl halides is 3. The molecule has 0 radical (unpaired) electrons. The first-order valence-corrected chi connectivity index (χ1v) is 14.3. The Morgan fingerprint density at radius 3 is 2.46 bits per heavy atom. The molecule has 35 heavy (non-hydrogen) atoms. The Hall–Kier alpha value is -1.65. The fourth-order valence-corrected chi connectivity index (χ4v) is 7.04. The third kappa shape index (κ3) is 5.39. The van der Waals surface area contributed by atoms with Gasteiger partial charge in [-0.25, -0.2) is 8.42 Å². The zero-order valence-corrected chi connectivity index (χ0v) is 21.4. The van der Waals surface area contributed by atoms with E-state index in [1.165, 1.54) is 0 Å². The third-order valence-corrected chi connectivity index (χ3v) is 9.24. The molecule has 2 heterocycles. The molecule has 0 unspecified atom stereocenters. The number of hydrogen-bond donors (Lipinski definition) is 1. The van der Waals surface area contributed by atoms with Crippen molar-refractivity contribution < 1.29 is 31.1 Å². The first kappa shape index (κ1) is 26.4. The lowest BCUT2D eigenvalue weighted by Crippen LogP contribution is -2.49. The first-order chi connectivity index (χ1) is 16.3. The summed E-state index contributed by atoms with van der Waals surface area (Å²) in [7, 11) is -3.85. The zero-order valence-electron chi connectivity index (χ0n) is 20.6. The van der Waals surface area contributed by atoms with Crippen molar-refractivity contribution in [3.05, 3.63) is 28.8 Å². The van der Waals surface area contributed by atoms with Crippen LogP contribution in [-0.4, -0.2) is 57.3 Å². The number of rotatable bonds is 5. The average Bonchev–Trinajstić information content (AvgIpc) is 3.22. The molecule has 2 aliphatic heterocycles. The van der Waals surface area contributed by atoms with E-state index < -0.39 is 27.0 Å². The normalized spacial score (nSPS) is 26.3. The number of carbonyl (C=O) groups excluding carboxylic acids is 1. The molecule has 2 atom stereocenters. The molecule has 1 aromatic rings. The molecule has 10 heteroatoms. The van der Waals surface area contributed by atoms with Crippen molar-refractivity contribution in [1.82, 2.24) is 10.2 Å². The van der Waals surface area contributed by atoms with Crippen molar-refractivity contribution in [2.24, 2.45) is 11.3 Å². The summed E-state index contributed by atoms with van der Waals surface area (Å²) in [6, 6.07) is 2.33. The molecule has 1 amide bonds. The van der Waals surface area contributed by atoms with Crippen molar-refractivity contribution in [2.45, 2.75) is 82.1 Å². The van der Waals surface area contributed by atoms with Crippen molar-refractivity contribution in [3.8, 4) is 0 Å². The van der Waals surface area contributed by atoms with Crippen molar-refractivity contribution in [2.75, 3.05) is 26.0 Å². The van der Waals surface area contributed by atoms with Crippen LogP contribution >= 0.6 is 0 Å². The Kier molecular flexibility index (Phi) is 7.30. The third-order valence-electron chi connectivity index (χ3n) is 8.08. The van der Waals surface area contributed by atoms with Gasteiger partial charge in [0, 0.05) is 44.6 Å². The molecule has 0 spiro atoms. The van der Waals surface area contributed by atoms with Crippen LogP contribution in [-0.2, 0) is 38.5 Å². The van der Waals surface area contributed by atoms with Gasteiger partial charge < -0.3 is 15.0 Å². The van der Waals surface area contributed by atoms with Crippen molar-refractivity contribution >= 4 is 15.7 Å². The van der Waals surface area contributed by atoms with Crippen molar-refractivity contribution in [1.29, 1.82) is 0 Å². The lowest BCUT2D eigenvalue weighted by atomic mass is 9.73. The number of benzene rings is 1. The fourth-order valence-electron chi connectivity index (χ4n) is 6.02. The van der Waals surface area contributed by atoms with E-state index in [0.717, 1.165) is 57.3 Å². The van der Waals surface area contributed by atoms with Gasteiger partial charge in [-0.3, -0.25) is 4.79 Å². The van der Waals surface area contributed by atoms with Crippen LogP contribution in [0.3, 0.4) is 0 Å². The number of fused-ring (bicyclic) bond motifs is 1. The summed E-state index contributed by atoms with van der Waals surface area (Å²) in [4.78, 5) is 15.3. The van der Waals surface area contributed by atoms with Crippen LogP contribution < -0.4 is 5.32 Å². The van der Waals surface area contributed by atoms with Crippen LogP contribution in [0, 0.1) is 11.3 Å². The second-order valence-electron chi connectivity index (χ2n) is 10.7. The molecule has 1 saturated heterocycles. The quantitative estimate of drug-likeness (QED) is 0.641. The number of ether oxygens (including phenoxy) is 1. The predicted molar refractivity (Wildman–Crippen MR) is 126 cm³/mol. The van der Waals surface area contributed by atoms with Gasteiger partial charge in [-0.2, -0.15) is 13.2 Å². The highest BCUT2D eigenvalue weighted by Gasteiger charge is 2.50. The van der Waals surface area contributed by atoms with Crippen LogP contribution in [0.25, 0.3) is 0 Å². The Balaban J connectivity index is 1.58. The summed E-state index contributed by atoms with van der Waals surface area (Å²) in [5, 5.41) is 3.71. The van der Waals surface area contributed by atoms with Gasteiger partial charge in [0.25, 0.3) is 0 Å². The minimum absolute atomic E-state index is 0.00681. The molecule has 1 saturated carbocycles. The summed E-state index contributed by atoms with van der Waals surface area (Å²) >= 11 is 0. The summed E-state index contributed by atoms with van der Waals surface area (Å²) < 4.78 is 70.6. The van der Waals surface area contributed by atoms with Gasteiger partial charge in [0.05, 0.1) is 15.9 Å². The van der Waals surface area contributed by atoms with Gasteiger partial charge in [-0.1, -0.05) is 13.8 Å². The van der Waals surface area contributed by atoms with Gasteiger partial charge in [0.1, 0.15) is 0 Å². The minimum atomic E-state index is -4.67. The lowest BCUT2D eigenvalue weighted by Gasteiger charge is -2.40. The number of nitrogens with one attached hydrogen (secondary N) is 1. The Bertz CT molecular complexity index is 1070. The van der Waals surface area contributed by atoms with E-state index >= 15 is 0 Å². The molecular formula is C25H35F3N2O4S. The van der Waals surface area contributed by atoms with Crippen LogP contribution in [0.1, 0.15) is 62.6 Å². The zero-order chi connectivity index (χ0) is 25.6. The smallest absolute Gasteiger partial charge is 0.381 e. The molecule has 0 bridgehead atoms. The molecule has 2 fully saturated rings. The van der Waals surface area contributed by atoms with Gasteiger partial charge >= 0.3 is 6.18 Å². The Labute approximate surface area is 205 Å². The Morgan fingerprint density at radius 2 is 1.86 bits per heavy atom. The van der Waals surface area contributed by atoms with E-state index in [2.05, 4.69) is 5.32 Å². The van der Waals surface area contributed by atoms with E-state index in [4.69, 9.17) is 4.74 Å². The monoisotopic (exact) mass is 516 g/mol. The molecule has 1 aliphatic carbocycles. The van der Waals surface area contributed by atoms with Gasteiger partial charge in [0.15, 0.2) is 9.84 Å². The van der Waals surface area contributed by atoms with E-state index in [0.29, 0.717) is 24.6 Å². The maximum absolute atomic E-state index is 13.9. The first-order valence-electron chi connectivity index (χ1n) is 12.4. The average molecular weight is 517 g/mol. The summed E-state index contributed by atoms with van der Waals surface area (Å²) in [6.07, 6.45) is 0.680. The summed E-state index contributed by atoms with van der Waals surface area (Å²) in [5.74, 6) is 0.0405. The summed E-state index contributed by atoms with van der Waals surface area (Å²) in [5.41, 5.74) is -0.907. The SMILES string of the molecule is CC(C)[C@]1(C(=O)N2CCc3c(cc(C(F)(F)F)cc3S(C)(=O)=O)C2)CC[C@@H](NC2CCOCC2)C1. The number of amides is 1. The van der Waals surface area contributed by atoms with Crippen LogP contribution in [0.2, 0.25) is 0 Å². The lowest BCUT2D eigenvalue weighted by molar-refractivity contribution is -0.146. The highest BCUT2D eigenvalue weighted by molar-refractivity contribution is 7.90. The number of carbonyl (C=O) groups is 1. The molecule has 1 N–H and O–H groups in total. The standard InChI is InChI=1S/C25H35F3N2O4S/c1-16(2)24(8-4-20(14-24)29-19-6-10-34-11-7-19)23(31)30-9-5-21-17(15-30)12-18(25(26,27)28)13-22(21)35(3,32)33/h12-13,16,19-20,29H,4-11,14-15H2,1-3H3/t20-,24+/m1/s1. The number of halogens is 3. The highest BCUT2D eigenvalue weighted by Crippen LogP contribution is 2.47. The van der Waals surface area contributed by atoms with Crippen LogP contribution in [0.5, 0.6) is 0 Å². The number of nitrogens with zero attached hydrogens (tertiary/aromatic N) is 1. The number of sulfone groups is 1. The van der Waals surface area contributed by atoms with Crippen LogP contribution in [0.15, 0.2) is 17.0 Å². The van der Waals surface area contributed by atoms with E-state index in [1.807, 2.05) is 13.8 Å². The highest BCUT2D eigenvalue weighted by atomic mass is 32.2. The van der Waals surface area contributed by atoms with E-state index in [9.17, 15) is 26.4 Å². The molecule has 6 nitrogen and oxygen atoms in total. The fraction of sp³-hybridized carbons (Fsp3) is 0.720. The maximum atomic E-state index is 13.9. The molecule has 3 aliphatic rings. The van der Waals surface area contributed by atoms with Gasteiger partial charge in [-0.15, -0.1) is 0 Å². The molecular weight excluding hydrogens is 481 g/mol. The van der Waals surface area contributed by atoms with Crippen LogP contribution in [0.4, 0.5) is 13.2 Å². The maximum Gasteiger partial charge on any atom is 0.416 e. The van der Waals surface area contributed by atoms with Gasteiger partial charge in [-0.05, 0) is 67.7 Å². The molecule has 0 aromatic heterocycles. The molecule has 1 aromatic carbocycles. The number of hydrogen-bond acceptors (Lipinski definition) is 5.